The number of nitrogens with zero attached hydrogens (tertiary/aromatic N) is 1. The highest BCUT2D eigenvalue weighted by molar-refractivity contribution is 7.89. The topological polar surface area (TPSA) is 92.9 Å². The Hall–Kier alpha value is -0.990. The van der Waals surface area contributed by atoms with Gasteiger partial charge in [0.1, 0.15) is 0 Å². The number of rotatable bonds is 8. The average molecular weight is 288 g/mol. The molecule has 0 aliphatic rings. The van der Waals surface area contributed by atoms with Crippen LogP contribution in [0.25, 0.3) is 0 Å². The van der Waals surface area contributed by atoms with E-state index < -0.39 is 10.0 Å². The number of methoxy groups -OCH3 is 1. The maximum absolute atomic E-state index is 12.4. The highest BCUT2D eigenvalue weighted by Crippen LogP contribution is 2.16. The molecule has 0 amide bonds. The minimum Gasteiger partial charge on any atom is -0.395 e. The molecule has 0 fully saturated rings. The fourth-order valence-corrected chi connectivity index (χ4v) is 3.12. The van der Waals surface area contributed by atoms with Gasteiger partial charge in [-0.1, -0.05) is 12.1 Å². The van der Waals surface area contributed by atoms with E-state index in [1.807, 2.05) is 0 Å². The molecular weight excluding hydrogens is 268 g/mol. The Morgan fingerprint density at radius 2 is 2.11 bits per heavy atom. The van der Waals surface area contributed by atoms with Crippen LogP contribution in [-0.4, -0.2) is 51.2 Å². The van der Waals surface area contributed by atoms with Crippen molar-refractivity contribution in [3.63, 3.8) is 0 Å². The van der Waals surface area contributed by atoms with Crippen LogP contribution in [0.1, 0.15) is 5.56 Å². The van der Waals surface area contributed by atoms with Crippen molar-refractivity contribution in [3.8, 4) is 0 Å². The summed E-state index contributed by atoms with van der Waals surface area (Å²) >= 11 is 0. The lowest BCUT2D eigenvalue weighted by Crippen LogP contribution is -2.36. The van der Waals surface area contributed by atoms with E-state index in [9.17, 15) is 8.42 Å². The molecule has 1 rings (SSSR count). The molecule has 0 bridgehead atoms. The van der Waals surface area contributed by atoms with Crippen molar-refractivity contribution in [2.75, 3.05) is 33.4 Å². The number of hydrogen-bond donors (Lipinski definition) is 2. The largest absolute Gasteiger partial charge is 0.395 e. The van der Waals surface area contributed by atoms with Gasteiger partial charge < -0.3 is 15.6 Å². The second-order valence-corrected chi connectivity index (χ2v) is 5.91. The second kappa shape index (κ2) is 7.56. The van der Waals surface area contributed by atoms with Crippen molar-refractivity contribution in [1.29, 1.82) is 0 Å². The fraction of sp³-hybridized carbons (Fsp3) is 0.500. The molecule has 0 unspecified atom stereocenters. The predicted octanol–water partition coefficient (Wildman–Crippen LogP) is -0.225. The molecule has 0 atom stereocenters. The molecule has 1 aromatic rings. The van der Waals surface area contributed by atoms with Gasteiger partial charge in [0.2, 0.25) is 10.0 Å². The summed E-state index contributed by atoms with van der Waals surface area (Å²) in [7, 11) is -2.13. The maximum Gasteiger partial charge on any atom is 0.243 e. The van der Waals surface area contributed by atoms with E-state index in [1.165, 1.54) is 17.5 Å². The van der Waals surface area contributed by atoms with Gasteiger partial charge in [0, 0.05) is 26.7 Å². The van der Waals surface area contributed by atoms with Crippen LogP contribution in [0.2, 0.25) is 0 Å². The standard InChI is InChI=1S/C12H20N2O4S/c1-18-8-6-14(5-7-15)19(16,17)12-4-2-3-11(9-12)10-13/h2-4,9,15H,5-8,10,13H2,1H3. The lowest BCUT2D eigenvalue weighted by molar-refractivity contribution is 0.168. The summed E-state index contributed by atoms with van der Waals surface area (Å²) in [6.45, 7) is 0.557. The Labute approximate surface area is 113 Å². The molecule has 1 aromatic carbocycles. The van der Waals surface area contributed by atoms with Gasteiger partial charge in [-0.05, 0) is 17.7 Å². The van der Waals surface area contributed by atoms with Crippen molar-refractivity contribution in [1.82, 2.24) is 4.31 Å². The smallest absolute Gasteiger partial charge is 0.243 e. The molecule has 0 heterocycles. The fourth-order valence-electron chi connectivity index (χ4n) is 1.64. The van der Waals surface area contributed by atoms with E-state index in [4.69, 9.17) is 15.6 Å². The van der Waals surface area contributed by atoms with Crippen LogP contribution < -0.4 is 5.73 Å². The molecule has 0 aromatic heterocycles. The number of sulfonamides is 1. The number of aliphatic hydroxyl groups is 1. The van der Waals surface area contributed by atoms with Gasteiger partial charge in [-0.3, -0.25) is 0 Å². The minimum atomic E-state index is -3.63. The van der Waals surface area contributed by atoms with Crippen LogP contribution in [0.5, 0.6) is 0 Å². The molecule has 19 heavy (non-hydrogen) atoms. The number of aliphatic hydroxyl groups excluding tert-OH is 1. The molecule has 0 spiro atoms. The van der Waals surface area contributed by atoms with Gasteiger partial charge in [0.15, 0.2) is 0 Å². The van der Waals surface area contributed by atoms with Crippen LogP contribution in [0.3, 0.4) is 0 Å². The summed E-state index contributed by atoms with van der Waals surface area (Å²) in [5.74, 6) is 0. The second-order valence-electron chi connectivity index (χ2n) is 3.97. The third kappa shape index (κ3) is 4.26. The number of hydrogen-bond acceptors (Lipinski definition) is 5. The van der Waals surface area contributed by atoms with E-state index in [-0.39, 0.29) is 37.7 Å². The summed E-state index contributed by atoms with van der Waals surface area (Å²) in [5.41, 5.74) is 6.26. The van der Waals surface area contributed by atoms with E-state index in [1.54, 1.807) is 18.2 Å². The first-order chi connectivity index (χ1) is 9.06. The Morgan fingerprint density at radius 1 is 1.37 bits per heavy atom. The van der Waals surface area contributed by atoms with Crippen LogP contribution >= 0.6 is 0 Å². The Morgan fingerprint density at radius 3 is 2.68 bits per heavy atom. The average Bonchev–Trinajstić information content (AvgIpc) is 2.43. The zero-order chi connectivity index (χ0) is 14.3. The maximum atomic E-state index is 12.4. The van der Waals surface area contributed by atoms with Crippen LogP contribution in [0.15, 0.2) is 29.2 Å². The summed E-state index contributed by atoms with van der Waals surface area (Å²) in [6.07, 6.45) is 0. The van der Waals surface area contributed by atoms with Crippen molar-refractivity contribution in [2.45, 2.75) is 11.4 Å². The van der Waals surface area contributed by atoms with Crippen LogP contribution in [-0.2, 0) is 21.3 Å². The van der Waals surface area contributed by atoms with Crippen molar-refractivity contribution in [3.05, 3.63) is 29.8 Å². The first kappa shape index (κ1) is 16.1. The SMILES string of the molecule is COCCN(CCO)S(=O)(=O)c1cccc(CN)c1. The summed E-state index contributed by atoms with van der Waals surface area (Å²) in [4.78, 5) is 0.181. The van der Waals surface area contributed by atoms with Crippen molar-refractivity contribution in [2.24, 2.45) is 5.73 Å². The quantitative estimate of drug-likeness (QED) is 0.689. The zero-order valence-electron chi connectivity index (χ0n) is 10.9. The number of ether oxygens (including phenoxy) is 1. The summed E-state index contributed by atoms with van der Waals surface area (Å²) < 4.78 is 30.9. The molecule has 108 valence electrons. The molecular formula is C12H20N2O4S. The van der Waals surface area contributed by atoms with Crippen molar-refractivity contribution < 1.29 is 18.3 Å². The molecule has 0 radical (unpaired) electrons. The van der Waals surface area contributed by atoms with E-state index >= 15 is 0 Å². The van der Waals surface area contributed by atoms with Gasteiger partial charge in [0.05, 0.1) is 18.1 Å². The van der Waals surface area contributed by atoms with E-state index in [0.29, 0.717) is 0 Å². The summed E-state index contributed by atoms with van der Waals surface area (Å²) in [6, 6.07) is 6.49. The monoisotopic (exact) mass is 288 g/mol. The normalized spacial score (nSPS) is 12.0. The molecule has 3 N–H and O–H groups in total. The third-order valence-corrected chi connectivity index (χ3v) is 4.56. The Kier molecular flexibility index (Phi) is 6.40. The van der Waals surface area contributed by atoms with Gasteiger partial charge in [-0.2, -0.15) is 4.31 Å². The molecule has 0 aliphatic carbocycles. The molecule has 6 nitrogen and oxygen atoms in total. The third-order valence-electron chi connectivity index (χ3n) is 2.67. The van der Waals surface area contributed by atoms with Gasteiger partial charge in [0.25, 0.3) is 0 Å². The Balaban J connectivity index is 3.03. The molecule has 0 saturated carbocycles. The number of nitrogens with two attached hydrogens (primary N) is 1. The van der Waals surface area contributed by atoms with Crippen molar-refractivity contribution >= 4 is 10.0 Å². The van der Waals surface area contributed by atoms with Gasteiger partial charge >= 0.3 is 0 Å². The Bertz CT molecular complexity index is 490. The van der Waals surface area contributed by atoms with E-state index in [2.05, 4.69) is 0 Å². The molecule has 0 aliphatic heterocycles. The summed E-state index contributed by atoms with van der Waals surface area (Å²) in [5, 5.41) is 8.98. The van der Waals surface area contributed by atoms with Crippen LogP contribution in [0, 0.1) is 0 Å². The first-order valence-corrected chi connectivity index (χ1v) is 7.39. The molecule has 0 saturated heterocycles. The highest BCUT2D eigenvalue weighted by Gasteiger charge is 2.23. The predicted molar refractivity (Wildman–Crippen MR) is 72.1 cm³/mol. The number of benzene rings is 1. The minimum absolute atomic E-state index is 0.0402. The first-order valence-electron chi connectivity index (χ1n) is 5.95. The highest BCUT2D eigenvalue weighted by atomic mass is 32.2. The van der Waals surface area contributed by atoms with Gasteiger partial charge in [-0.25, -0.2) is 8.42 Å². The van der Waals surface area contributed by atoms with E-state index in [0.717, 1.165) is 5.56 Å². The lowest BCUT2D eigenvalue weighted by Gasteiger charge is -2.21. The lowest BCUT2D eigenvalue weighted by atomic mass is 10.2. The zero-order valence-corrected chi connectivity index (χ0v) is 11.8. The van der Waals surface area contributed by atoms with Gasteiger partial charge in [-0.15, -0.1) is 0 Å². The molecule has 7 heteroatoms. The van der Waals surface area contributed by atoms with Crippen LogP contribution in [0.4, 0.5) is 0 Å².